The number of carbonyl (C=O) groups excluding carboxylic acids is 1. The van der Waals surface area contributed by atoms with Crippen LogP contribution >= 0.6 is 0 Å². The number of benzene rings is 1. The molecule has 1 heterocycles. The highest BCUT2D eigenvalue weighted by atomic mass is 32.2. The third-order valence-corrected chi connectivity index (χ3v) is 5.09. The van der Waals surface area contributed by atoms with E-state index in [-0.39, 0.29) is 23.5 Å². The molecule has 0 spiro atoms. The molecule has 0 aliphatic heterocycles. The zero-order valence-corrected chi connectivity index (χ0v) is 17.6. The van der Waals surface area contributed by atoms with Gasteiger partial charge in [0, 0.05) is 29.5 Å². The Labute approximate surface area is 168 Å². The molecule has 1 aromatic heterocycles. The maximum Gasteiger partial charge on any atom is 0.232 e. The minimum Gasteiger partial charge on any atom is -0.497 e. The number of hydrogen-bond acceptors (Lipinski definition) is 6. The Morgan fingerprint density at radius 3 is 2.64 bits per heavy atom. The first kappa shape index (κ1) is 22.1. The van der Waals surface area contributed by atoms with E-state index in [2.05, 4.69) is 10.3 Å². The Morgan fingerprint density at radius 1 is 1.29 bits per heavy atom. The average Bonchev–Trinajstić information content (AvgIpc) is 3.01. The van der Waals surface area contributed by atoms with E-state index in [1.165, 1.54) is 0 Å². The highest BCUT2D eigenvalue weighted by Crippen LogP contribution is 2.24. The Balaban J connectivity index is 1.83. The van der Waals surface area contributed by atoms with E-state index in [1.54, 1.807) is 14.0 Å². The topological polar surface area (TPSA) is 90.7 Å². The number of hydrogen-bond donors (Lipinski definition) is 1. The number of nitrogens with zero attached hydrogens (tertiary/aromatic N) is 1. The van der Waals surface area contributed by atoms with Crippen molar-refractivity contribution in [1.29, 1.82) is 0 Å². The second-order valence-electron chi connectivity index (χ2n) is 6.60. The van der Waals surface area contributed by atoms with Gasteiger partial charge in [-0.15, -0.1) is 0 Å². The average molecular weight is 409 g/mol. The SMILES string of the molecule is COc1ccc(-c2nc(C[S@](=O)CC(=O)NCCCOC(C)C)c(C)o2)cc1. The highest BCUT2D eigenvalue weighted by Gasteiger charge is 2.16. The number of aromatic nitrogens is 1. The molecule has 1 amide bonds. The van der Waals surface area contributed by atoms with Crippen molar-refractivity contribution in [2.24, 2.45) is 0 Å². The maximum absolute atomic E-state index is 12.3. The smallest absolute Gasteiger partial charge is 0.232 e. The van der Waals surface area contributed by atoms with E-state index in [0.29, 0.717) is 30.5 Å². The molecule has 0 saturated heterocycles. The van der Waals surface area contributed by atoms with Crippen molar-refractivity contribution in [3.8, 4) is 17.2 Å². The fraction of sp³-hybridized carbons (Fsp3) is 0.500. The van der Waals surface area contributed by atoms with Gasteiger partial charge in [0.1, 0.15) is 17.3 Å². The molecule has 0 saturated carbocycles. The molecular formula is C20H28N2O5S. The summed E-state index contributed by atoms with van der Waals surface area (Å²) in [6.45, 7) is 6.81. The van der Waals surface area contributed by atoms with Gasteiger partial charge in [-0.05, 0) is 51.5 Å². The standard InChI is InChI=1S/C20H28N2O5S/c1-14(2)26-11-5-10-21-19(23)13-28(24)12-18-15(3)27-20(22-18)16-6-8-17(25-4)9-7-16/h6-9,14H,5,10-13H2,1-4H3,(H,21,23)/t28-/m0/s1. The van der Waals surface area contributed by atoms with Gasteiger partial charge in [0.25, 0.3) is 0 Å². The largest absolute Gasteiger partial charge is 0.497 e. The Bertz CT molecular complexity index is 786. The first-order chi connectivity index (χ1) is 13.4. The molecule has 1 N–H and O–H groups in total. The van der Waals surface area contributed by atoms with Crippen LogP contribution in [0, 0.1) is 6.92 Å². The predicted octanol–water partition coefficient (Wildman–Crippen LogP) is 2.84. The second kappa shape index (κ2) is 11.0. The number of aryl methyl sites for hydroxylation is 1. The lowest BCUT2D eigenvalue weighted by atomic mass is 10.2. The lowest BCUT2D eigenvalue weighted by Crippen LogP contribution is -2.30. The van der Waals surface area contributed by atoms with Gasteiger partial charge < -0.3 is 19.2 Å². The van der Waals surface area contributed by atoms with Crippen molar-refractivity contribution in [2.45, 2.75) is 39.0 Å². The summed E-state index contributed by atoms with van der Waals surface area (Å²) in [7, 11) is 0.245. The van der Waals surface area contributed by atoms with Crippen LogP contribution in [-0.2, 0) is 26.1 Å². The van der Waals surface area contributed by atoms with E-state index in [9.17, 15) is 9.00 Å². The first-order valence-corrected chi connectivity index (χ1v) is 10.7. The molecule has 1 atom stereocenters. The summed E-state index contributed by atoms with van der Waals surface area (Å²) < 4.78 is 28.6. The van der Waals surface area contributed by atoms with Gasteiger partial charge >= 0.3 is 0 Å². The number of nitrogens with one attached hydrogen (secondary N) is 1. The lowest BCUT2D eigenvalue weighted by Gasteiger charge is -2.08. The number of methoxy groups -OCH3 is 1. The zero-order valence-electron chi connectivity index (χ0n) is 16.8. The van der Waals surface area contributed by atoms with E-state index < -0.39 is 10.8 Å². The van der Waals surface area contributed by atoms with Crippen LogP contribution in [0.5, 0.6) is 5.75 Å². The Hall–Kier alpha value is -2.19. The van der Waals surface area contributed by atoms with Gasteiger partial charge in [-0.1, -0.05) is 0 Å². The number of rotatable bonds is 11. The van der Waals surface area contributed by atoms with Gasteiger partial charge in [0.2, 0.25) is 11.8 Å². The molecule has 8 heteroatoms. The van der Waals surface area contributed by atoms with Gasteiger partial charge in [-0.25, -0.2) is 4.98 Å². The molecule has 0 aliphatic carbocycles. The van der Waals surface area contributed by atoms with Crippen LogP contribution in [-0.4, -0.2) is 47.2 Å². The van der Waals surface area contributed by atoms with E-state index >= 15 is 0 Å². The third kappa shape index (κ3) is 7.09. The number of carbonyl (C=O) groups is 1. The fourth-order valence-corrected chi connectivity index (χ4v) is 3.51. The summed E-state index contributed by atoms with van der Waals surface area (Å²) in [4.78, 5) is 16.3. The number of amides is 1. The maximum atomic E-state index is 12.3. The molecule has 28 heavy (non-hydrogen) atoms. The second-order valence-corrected chi connectivity index (χ2v) is 8.06. The van der Waals surface area contributed by atoms with Crippen molar-refractivity contribution < 1.29 is 22.9 Å². The normalized spacial score (nSPS) is 12.2. The molecular weight excluding hydrogens is 380 g/mol. The molecule has 0 fully saturated rings. The van der Waals surface area contributed by atoms with Crippen LogP contribution < -0.4 is 10.1 Å². The molecule has 2 rings (SSSR count). The molecule has 154 valence electrons. The summed E-state index contributed by atoms with van der Waals surface area (Å²) in [5.41, 5.74) is 1.41. The zero-order chi connectivity index (χ0) is 20.5. The van der Waals surface area contributed by atoms with E-state index in [4.69, 9.17) is 13.9 Å². The minimum atomic E-state index is -1.36. The van der Waals surface area contributed by atoms with Gasteiger partial charge in [0.15, 0.2) is 0 Å². The number of ether oxygens (including phenoxy) is 2. The first-order valence-electron chi connectivity index (χ1n) is 9.23. The Morgan fingerprint density at radius 2 is 2.00 bits per heavy atom. The van der Waals surface area contributed by atoms with Gasteiger partial charge in [0.05, 0.1) is 24.7 Å². The van der Waals surface area contributed by atoms with E-state index in [0.717, 1.165) is 17.7 Å². The molecule has 0 aliphatic rings. The molecule has 2 aromatic rings. The molecule has 0 bridgehead atoms. The molecule has 0 unspecified atom stereocenters. The van der Waals surface area contributed by atoms with Crippen LogP contribution in [0.4, 0.5) is 0 Å². The van der Waals surface area contributed by atoms with Crippen molar-refractivity contribution >= 4 is 16.7 Å². The highest BCUT2D eigenvalue weighted by molar-refractivity contribution is 7.84. The summed E-state index contributed by atoms with van der Waals surface area (Å²) in [5.74, 6) is 1.69. The monoisotopic (exact) mass is 408 g/mol. The van der Waals surface area contributed by atoms with Gasteiger partial charge in [-0.3, -0.25) is 9.00 Å². The van der Waals surface area contributed by atoms with Crippen molar-refractivity contribution in [2.75, 3.05) is 26.0 Å². The summed E-state index contributed by atoms with van der Waals surface area (Å²) in [5, 5.41) is 2.76. The summed E-state index contributed by atoms with van der Waals surface area (Å²) in [6, 6.07) is 7.34. The summed E-state index contributed by atoms with van der Waals surface area (Å²) in [6.07, 6.45) is 0.904. The third-order valence-electron chi connectivity index (χ3n) is 3.91. The fourth-order valence-electron chi connectivity index (χ4n) is 2.44. The molecule has 1 aromatic carbocycles. The van der Waals surface area contributed by atoms with Crippen LogP contribution in [0.2, 0.25) is 0 Å². The van der Waals surface area contributed by atoms with Crippen molar-refractivity contribution in [3.63, 3.8) is 0 Å². The lowest BCUT2D eigenvalue weighted by molar-refractivity contribution is -0.118. The molecule has 0 radical (unpaired) electrons. The minimum absolute atomic E-state index is 0.0603. The Kier molecular flexibility index (Phi) is 8.66. The predicted molar refractivity (Wildman–Crippen MR) is 109 cm³/mol. The van der Waals surface area contributed by atoms with Crippen molar-refractivity contribution in [1.82, 2.24) is 10.3 Å². The van der Waals surface area contributed by atoms with Crippen LogP contribution in [0.15, 0.2) is 28.7 Å². The van der Waals surface area contributed by atoms with Crippen LogP contribution in [0.1, 0.15) is 31.7 Å². The quantitative estimate of drug-likeness (QED) is 0.575. The van der Waals surface area contributed by atoms with Crippen LogP contribution in [0.3, 0.4) is 0 Å². The van der Waals surface area contributed by atoms with Crippen molar-refractivity contribution in [3.05, 3.63) is 35.7 Å². The van der Waals surface area contributed by atoms with Gasteiger partial charge in [-0.2, -0.15) is 0 Å². The van der Waals surface area contributed by atoms with Crippen LogP contribution in [0.25, 0.3) is 11.5 Å². The number of oxazole rings is 1. The summed E-state index contributed by atoms with van der Waals surface area (Å²) >= 11 is 0. The van der Waals surface area contributed by atoms with E-state index in [1.807, 2.05) is 38.1 Å². The molecule has 7 nitrogen and oxygen atoms in total.